The van der Waals surface area contributed by atoms with Crippen molar-refractivity contribution in [1.29, 1.82) is 0 Å². The molecule has 1 N–H and O–H groups in total. The third-order valence-electron chi connectivity index (χ3n) is 2.25. The molecule has 2 amide bonds. The molecule has 19 heavy (non-hydrogen) atoms. The van der Waals surface area contributed by atoms with Crippen molar-refractivity contribution in [3.05, 3.63) is 40.0 Å². The number of amides is 2. The summed E-state index contributed by atoms with van der Waals surface area (Å²) in [6.07, 6.45) is -3.70. The van der Waals surface area contributed by atoms with Crippen LogP contribution in [0.5, 0.6) is 0 Å². The second-order valence-corrected chi connectivity index (χ2v) is 4.60. The Labute approximate surface area is 108 Å². The summed E-state index contributed by atoms with van der Waals surface area (Å²) in [7, 11) is 0. The van der Waals surface area contributed by atoms with Crippen LogP contribution in [0.1, 0.15) is 11.1 Å². The lowest BCUT2D eigenvalue weighted by Gasteiger charge is -2.07. The van der Waals surface area contributed by atoms with E-state index >= 15 is 0 Å². The lowest BCUT2D eigenvalue weighted by Crippen LogP contribution is -2.17. The quantitative estimate of drug-likeness (QED) is 0.638. The van der Waals surface area contributed by atoms with Gasteiger partial charge in [0.1, 0.15) is 5.82 Å². The predicted octanol–water partition coefficient (Wildman–Crippen LogP) is 3.17. The zero-order valence-corrected chi connectivity index (χ0v) is 9.86. The van der Waals surface area contributed by atoms with Crippen LogP contribution in [0.25, 0.3) is 6.08 Å². The standard InChI is InChI=1S/C11H5F4NO2S/c12-7-2-1-6(11(13,14)15)3-5(7)4-8-9(17)16-10(18)19-8/h1-4H,(H,16,17,18). The summed E-state index contributed by atoms with van der Waals surface area (Å²) in [4.78, 5) is 21.9. The summed E-state index contributed by atoms with van der Waals surface area (Å²) in [6, 6.07) is 1.85. The van der Waals surface area contributed by atoms with Gasteiger partial charge in [0.05, 0.1) is 10.5 Å². The molecule has 0 bridgehead atoms. The Kier molecular flexibility index (Phi) is 3.36. The van der Waals surface area contributed by atoms with Gasteiger partial charge in [-0.2, -0.15) is 13.2 Å². The normalized spacial score (nSPS) is 18.0. The molecule has 100 valence electrons. The summed E-state index contributed by atoms with van der Waals surface area (Å²) in [5, 5.41) is 1.27. The summed E-state index contributed by atoms with van der Waals surface area (Å²) < 4.78 is 50.8. The van der Waals surface area contributed by atoms with E-state index in [1.807, 2.05) is 5.32 Å². The monoisotopic (exact) mass is 291 g/mol. The number of thioether (sulfide) groups is 1. The van der Waals surface area contributed by atoms with Crippen LogP contribution < -0.4 is 5.32 Å². The highest BCUT2D eigenvalue weighted by molar-refractivity contribution is 8.18. The summed E-state index contributed by atoms with van der Waals surface area (Å²) in [5.74, 6) is -1.67. The van der Waals surface area contributed by atoms with Gasteiger partial charge in [-0.05, 0) is 36.0 Å². The topological polar surface area (TPSA) is 46.2 Å². The van der Waals surface area contributed by atoms with Crippen LogP contribution in [0.15, 0.2) is 23.1 Å². The molecule has 0 aromatic heterocycles. The van der Waals surface area contributed by atoms with E-state index in [0.717, 1.165) is 6.08 Å². The number of benzene rings is 1. The molecular weight excluding hydrogens is 286 g/mol. The number of imide groups is 1. The van der Waals surface area contributed by atoms with E-state index in [4.69, 9.17) is 0 Å². The Morgan fingerprint density at radius 1 is 1.21 bits per heavy atom. The molecule has 1 aromatic rings. The minimum absolute atomic E-state index is 0.150. The van der Waals surface area contributed by atoms with Crippen LogP contribution in [0, 0.1) is 5.82 Å². The Hall–Kier alpha value is -1.83. The highest BCUT2D eigenvalue weighted by Crippen LogP contribution is 2.32. The van der Waals surface area contributed by atoms with Crippen LogP contribution in [-0.4, -0.2) is 11.1 Å². The predicted molar refractivity (Wildman–Crippen MR) is 60.5 cm³/mol. The molecule has 1 aliphatic rings. The average molecular weight is 291 g/mol. The van der Waals surface area contributed by atoms with Gasteiger partial charge in [0.2, 0.25) is 0 Å². The molecule has 2 rings (SSSR count). The lowest BCUT2D eigenvalue weighted by atomic mass is 10.1. The first-order valence-corrected chi connectivity index (χ1v) is 5.70. The van der Waals surface area contributed by atoms with Crippen molar-refractivity contribution >= 4 is 29.0 Å². The molecule has 0 spiro atoms. The van der Waals surface area contributed by atoms with E-state index < -0.39 is 34.3 Å². The fraction of sp³-hybridized carbons (Fsp3) is 0.0909. The lowest BCUT2D eigenvalue weighted by molar-refractivity contribution is -0.137. The van der Waals surface area contributed by atoms with Crippen LogP contribution >= 0.6 is 11.8 Å². The van der Waals surface area contributed by atoms with Crippen LogP contribution in [-0.2, 0) is 11.0 Å². The highest BCUT2D eigenvalue weighted by atomic mass is 32.2. The second kappa shape index (κ2) is 4.69. The van der Waals surface area contributed by atoms with Crippen molar-refractivity contribution in [2.24, 2.45) is 0 Å². The third-order valence-corrected chi connectivity index (χ3v) is 3.06. The van der Waals surface area contributed by atoms with E-state index in [-0.39, 0.29) is 4.91 Å². The molecule has 1 aliphatic heterocycles. The number of carbonyl (C=O) groups excluding carboxylic acids is 2. The smallest absolute Gasteiger partial charge is 0.282 e. The molecule has 3 nitrogen and oxygen atoms in total. The van der Waals surface area contributed by atoms with Crippen molar-refractivity contribution in [1.82, 2.24) is 5.32 Å². The van der Waals surface area contributed by atoms with Crippen molar-refractivity contribution in [3.63, 3.8) is 0 Å². The molecule has 1 heterocycles. The molecule has 0 atom stereocenters. The number of carbonyl (C=O) groups is 2. The third kappa shape index (κ3) is 2.95. The fourth-order valence-electron chi connectivity index (χ4n) is 1.39. The van der Waals surface area contributed by atoms with Gasteiger partial charge in [0.15, 0.2) is 0 Å². The Morgan fingerprint density at radius 2 is 1.89 bits per heavy atom. The van der Waals surface area contributed by atoms with Gasteiger partial charge in [-0.1, -0.05) is 0 Å². The molecule has 8 heteroatoms. The molecule has 0 saturated carbocycles. The number of rotatable bonds is 1. The minimum atomic E-state index is -4.61. The van der Waals surface area contributed by atoms with E-state index in [1.165, 1.54) is 0 Å². The van der Waals surface area contributed by atoms with Crippen LogP contribution in [0.4, 0.5) is 22.4 Å². The van der Waals surface area contributed by atoms with Crippen molar-refractivity contribution < 1.29 is 27.2 Å². The molecule has 1 saturated heterocycles. The number of alkyl halides is 3. The van der Waals surface area contributed by atoms with Crippen molar-refractivity contribution in [3.8, 4) is 0 Å². The zero-order valence-electron chi connectivity index (χ0n) is 9.05. The van der Waals surface area contributed by atoms with E-state index in [2.05, 4.69) is 0 Å². The first-order chi connectivity index (χ1) is 8.77. The summed E-state index contributed by atoms with van der Waals surface area (Å²) in [6.45, 7) is 0. The van der Waals surface area contributed by atoms with Gasteiger partial charge in [0, 0.05) is 5.56 Å². The second-order valence-electron chi connectivity index (χ2n) is 3.59. The number of hydrogen-bond acceptors (Lipinski definition) is 3. The maximum absolute atomic E-state index is 13.4. The van der Waals surface area contributed by atoms with E-state index in [9.17, 15) is 27.2 Å². The molecule has 1 fully saturated rings. The largest absolute Gasteiger partial charge is 0.416 e. The van der Waals surface area contributed by atoms with Crippen LogP contribution in [0.3, 0.4) is 0 Å². The minimum Gasteiger partial charge on any atom is -0.282 e. The molecule has 0 unspecified atom stereocenters. The van der Waals surface area contributed by atoms with Gasteiger partial charge < -0.3 is 0 Å². The average Bonchev–Trinajstić information content (AvgIpc) is 2.59. The number of hydrogen-bond donors (Lipinski definition) is 1. The molecule has 1 aromatic carbocycles. The van der Waals surface area contributed by atoms with Gasteiger partial charge in [-0.15, -0.1) is 0 Å². The summed E-state index contributed by atoms with van der Waals surface area (Å²) >= 11 is 0.504. The Balaban J connectivity index is 2.43. The van der Waals surface area contributed by atoms with Crippen molar-refractivity contribution in [2.75, 3.05) is 0 Å². The molecule has 0 aliphatic carbocycles. The zero-order chi connectivity index (χ0) is 14.2. The number of nitrogens with one attached hydrogen (secondary N) is 1. The number of halogens is 4. The maximum atomic E-state index is 13.4. The van der Waals surface area contributed by atoms with E-state index in [0.29, 0.717) is 30.0 Å². The first-order valence-electron chi connectivity index (χ1n) is 4.89. The summed E-state index contributed by atoms with van der Waals surface area (Å²) in [5.41, 5.74) is -1.43. The Morgan fingerprint density at radius 3 is 2.42 bits per heavy atom. The van der Waals surface area contributed by atoms with Gasteiger partial charge in [-0.3, -0.25) is 14.9 Å². The Bertz CT molecular complexity index is 595. The highest BCUT2D eigenvalue weighted by Gasteiger charge is 2.31. The maximum Gasteiger partial charge on any atom is 0.416 e. The SMILES string of the molecule is O=C1NC(=O)C(=Cc2cc(C(F)(F)F)ccc2F)S1. The molecule has 0 radical (unpaired) electrons. The fourth-order valence-corrected chi connectivity index (χ4v) is 2.07. The van der Waals surface area contributed by atoms with E-state index in [1.54, 1.807) is 0 Å². The van der Waals surface area contributed by atoms with Crippen LogP contribution in [0.2, 0.25) is 0 Å². The van der Waals surface area contributed by atoms with Crippen molar-refractivity contribution in [2.45, 2.75) is 6.18 Å². The van der Waals surface area contributed by atoms with Gasteiger partial charge >= 0.3 is 6.18 Å². The molecular formula is C11H5F4NO2S. The van der Waals surface area contributed by atoms with Gasteiger partial charge in [0.25, 0.3) is 11.1 Å². The first kappa shape index (κ1) is 13.6. The van der Waals surface area contributed by atoms with Gasteiger partial charge in [-0.25, -0.2) is 4.39 Å².